The number of amides is 1. The summed E-state index contributed by atoms with van der Waals surface area (Å²) < 4.78 is 6.13. The number of fused-ring (bicyclic) bond motifs is 1. The molecule has 0 radical (unpaired) electrons. The number of benzene rings is 1. The fourth-order valence-corrected chi connectivity index (χ4v) is 2.23. The molecule has 0 spiro atoms. The van der Waals surface area contributed by atoms with Crippen molar-refractivity contribution in [2.45, 2.75) is 39.3 Å². The van der Waals surface area contributed by atoms with Gasteiger partial charge in [-0.2, -0.15) is 0 Å². The SMILES string of the molecule is CCC(CC)NC(=O)Cn1c(=O)oc2cc([N+](=O)[O-])ccc21. The Bertz CT molecular complexity index is 757. The Kier molecular flexibility index (Phi) is 4.59. The van der Waals surface area contributed by atoms with Crippen molar-refractivity contribution in [1.29, 1.82) is 0 Å². The number of hydrogen-bond acceptors (Lipinski definition) is 5. The first-order valence-corrected chi connectivity index (χ1v) is 7.03. The minimum atomic E-state index is -0.713. The smallest absolute Gasteiger partial charge is 0.407 e. The molecule has 8 nitrogen and oxygen atoms in total. The van der Waals surface area contributed by atoms with Crippen molar-refractivity contribution in [2.24, 2.45) is 0 Å². The Labute approximate surface area is 125 Å². The van der Waals surface area contributed by atoms with Crippen molar-refractivity contribution >= 4 is 22.7 Å². The van der Waals surface area contributed by atoms with Crippen molar-refractivity contribution in [2.75, 3.05) is 0 Å². The zero-order valence-corrected chi connectivity index (χ0v) is 12.4. The van der Waals surface area contributed by atoms with Crippen LogP contribution < -0.4 is 11.1 Å². The Hall–Kier alpha value is -2.64. The largest absolute Gasteiger partial charge is 0.420 e. The number of rotatable bonds is 6. The minimum absolute atomic E-state index is 0.0578. The molecule has 0 aliphatic rings. The summed E-state index contributed by atoms with van der Waals surface area (Å²) in [4.78, 5) is 34.0. The van der Waals surface area contributed by atoms with Gasteiger partial charge >= 0.3 is 5.76 Å². The van der Waals surface area contributed by atoms with Gasteiger partial charge in [-0.25, -0.2) is 4.79 Å². The predicted molar refractivity (Wildman–Crippen MR) is 79.6 cm³/mol. The molecule has 2 aromatic rings. The van der Waals surface area contributed by atoms with Gasteiger partial charge in [-0.05, 0) is 18.9 Å². The van der Waals surface area contributed by atoms with Crippen LogP contribution in [0.2, 0.25) is 0 Å². The van der Waals surface area contributed by atoms with Crippen LogP contribution in [0.3, 0.4) is 0 Å². The van der Waals surface area contributed by atoms with Crippen LogP contribution in [-0.2, 0) is 11.3 Å². The number of nitro groups is 1. The van der Waals surface area contributed by atoms with Gasteiger partial charge in [0.05, 0.1) is 16.5 Å². The Morgan fingerprint density at radius 2 is 2.09 bits per heavy atom. The van der Waals surface area contributed by atoms with Gasteiger partial charge < -0.3 is 9.73 Å². The van der Waals surface area contributed by atoms with E-state index in [0.717, 1.165) is 17.4 Å². The normalized spacial score (nSPS) is 11.0. The van der Waals surface area contributed by atoms with Crippen LogP contribution in [0.25, 0.3) is 11.1 Å². The molecule has 0 aliphatic carbocycles. The van der Waals surface area contributed by atoms with Gasteiger partial charge in [0, 0.05) is 12.1 Å². The molecule has 0 saturated carbocycles. The van der Waals surface area contributed by atoms with E-state index in [1.807, 2.05) is 13.8 Å². The quantitative estimate of drug-likeness (QED) is 0.647. The van der Waals surface area contributed by atoms with E-state index in [9.17, 15) is 19.7 Å². The van der Waals surface area contributed by atoms with Gasteiger partial charge in [0.25, 0.3) is 5.69 Å². The van der Waals surface area contributed by atoms with Crippen LogP contribution in [0.5, 0.6) is 0 Å². The monoisotopic (exact) mass is 307 g/mol. The van der Waals surface area contributed by atoms with Crippen molar-refractivity contribution in [3.8, 4) is 0 Å². The number of carbonyl (C=O) groups excluding carboxylic acids is 1. The summed E-state index contributed by atoms with van der Waals surface area (Å²) in [5.41, 5.74) is 0.278. The average Bonchev–Trinajstić information content (AvgIpc) is 2.79. The van der Waals surface area contributed by atoms with Gasteiger partial charge in [-0.3, -0.25) is 19.5 Å². The third-order valence-electron chi connectivity index (χ3n) is 3.52. The Morgan fingerprint density at radius 3 is 2.68 bits per heavy atom. The van der Waals surface area contributed by atoms with Gasteiger partial charge in [-0.15, -0.1) is 0 Å². The van der Waals surface area contributed by atoms with Gasteiger partial charge in [0.1, 0.15) is 6.54 Å². The summed E-state index contributed by atoms with van der Waals surface area (Å²) >= 11 is 0. The third-order valence-corrected chi connectivity index (χ3v) is 3.52. The lowest BCUT2D eigenvalue weighted by atomic mass is 10.2. The van der Waals surface area contributed by atoms with E-state index in [1.54, 1.807) is 0 Å². The molecule has 1 aromatic carbocycles. The molecule has 0 aliphatic heterocycles. The second kappa shape index (κ2) is 6.42. The number of hydrogen-bond donors (Lipinski definition) is 1. The van der Waals surface area contributed by atoms with E-state index in [0.29, 0.717) is 5.52 Å². The number of non-ortho nitro benzene ring substituents is 1. The second-order valence-corrected chi connectivity index (χ2v) is 4.94. The zero-order valence-electron chi connectivity index (χ0n) is 12.4. The van der Waals surface area contributed by atoms with E-state index in [-0.39, 0.29) is 29.8 Å². The highest BCUT2D eigenvalue weighted by Gasteiger charge is 2.17. The van der Waals surface area contributed by atoms with Crippen LogP contribution in [0.4, 0.5) is 5.69 Å². The van der Waals surface area contributed by atoms with Crippen molar-refractivity contribution in [3.05, 3.63) is 38.9 Å². The van der Waals surface area contributed by atoms with Crippen molar-refractivity contribution < 1.29 is 14.1 Å². The fourth-order valence-electron chi connectivity index (χ4n) is 2.23. The molecule has 1 heterocycles. The first-order valence-electron chi connectivity index (χ1n) is 7.03. The Balaban J connectivity index is 2.28. The second-order valence-electron chi connectivity index (χ2n) is 4.94. The molecular formula is C14H17N3O5. The predicted octanol–water partition coefficient (Wildman–Crippen LogP) is 1.81. The summed E-state index contributed by atoms with van der Waals surface area (Å²) in [6.07, 6.45) is 1.60. The van der Waals surface area contributed by atoms with Gasteiger partial charge in [0.2, 0.25) is 5.91 Å². The lowest BCUT2D eigenvalue weighted by molar-refractivity contribution is -0.384. The van der Waals surface area contributed by atoms with Crippen molar-refractivity contribution in [3.63, 3.8) is 0 Å². The van der Waals surface area contributed by atoms with Gasteiger partial charge in [-0.1, -0.05) is 13.8 Å². The number of aromatic nitrogens is 1. The van der Waals surface area contributed by atoms with Crippen LogP contribution in [-0.4, -0.2) is 21.4 Å². The summed E-state index contributed by atoms with van der Waals surface area (Å²) in [5, 5.41) is 13.5. The highest BCUT2D eigenvalue weighted by Crippen LogP contribution is 2.19. The van der Waals surface area contributed by atoms with Crippen LogP contribution in [0, 0.1) is 10.1 Å². The summed E-state index contributed by atoms with van der Waals surface area (Å²) in [5.74, 6) is -1.01. The highest BCUT2D eigenvalue weighted by molar-refractivity contribution is 5.80. The summed E-state index contributed by atoms with van der Waals surface area (Å²) in [6, 6.07) is 3.91. The summed E-state index contributed by atoms with van der Waals surface area (Å²) in [6.45, 7) is 3.75. The standard InChI is InChI=1S/C14H17N3O5/c1-3-9(4-2)15-13(18)8-16-11-6-5-10(17(20)21)7-12(11)22-14(16)19/h5-7,9H,3-4,8H2,1-2H3,(H,15,18). The number of carbonyl (C=O) groups is 1. The van der Waals surface area contributed by atoms with Crippen LogP contribution >= 0.6 is 0 Å². The summed E-state index contributed by atoms with van der Waals surface area (Å²) in [7, 11) is 0. The van der Waals surface area contributed by atoms with E-state index < -0.39 is 10.7 Å². The highest BCUT2D eigenvalue weighted by atomic mass is 16.6. The number of nitro benzene ring substituents is 1. The lowest BCUT2D eigenvalue weighted by Gasteiger charge is -2.14. The molecule has 1 amide bonds. The first kappa shape index (κ1) is 15.7. The van der Waals surface area contributed by atoms with Crippen LogP contribution in [0.1, 0.15) is 26.7 Å². The molecule has 1 N–H and O–H groups in total. The molecule has 0 fully saturated rings. The molecule has 118 valence electrons. The molecule has 1 aromatic heterocycles. The molecule has 0 bridgehead atoms. The fraction of sp³-hybridized carbons (Fsp3) is 0.429. The topological polar surface area (TPSA) is 107 Å². The maximum atomic E-state index is 12.0. The molecule has 0 atom stereocenters. The molecule has 2 rings (SSSR count). The van der Waals surface area contributed by atoms with E-state index >= 15 is 0 Å². The molecule has 22 heavy (non-hydrogen) atoms. The van der Waals surface area contributed by atoms with Crippen LogP contribution in [0.15, 0.2) is 27.4 Å². The van der Waals surface area contributed by atoms with Gasteiger partial charge in [0.15, 0.2) is 5.58 Å². The number of nitrogens with zero attached hydrogens (tertiary/aromatic N) is 2. The van der Waals surface area contributed by atoms with E-state index in [2.05, 4.69) is 5.32 Å². The molecule has 8 heteroatoms. The lowest BCUT2D eigenvalue weighted by Crippen LogP contribution is -2.37. The van der Waals surface area contributed by atoms with E-state index in [1.165, 1.54) is 18.2 Å². The number of oxazole rings is 1. The zero-order chi connectivity index (χ0) is 16.3. The molecule has 0 unspecified atom stereocenters. The van der Waals surface area contributed by atoms with Crippen molar-refractivity contribution in [1.82, 2.24) is 9.88 Å². The maximum Gasteiger partial charge on any atom is 0.420 e. The minimum Gasteiger partial charge on any atom is -0.407 e. The molecule has 0 saturated heterocycles. The first-order chi connectivity index (χ1) is 10.5. The Morgan fingerprint density at radius 1 is 1.41 bits per heavy atom. The maximum absolute atomic E-state index is 12.0. The third kappa shape index (κ3) is 3.16. The molecular weight excluding hydrogens is 290 g/mol. The van der Waals surface area contributed by atoms with E-state index in [4.69, 9.17) is 4.42 Å². The number of nitrogens with one attached hydrogen (secondary N) is 1. The average molecular weight is 307 g/mol.